The minimum atomic E-state index is -4.24. The number of fused-ring (bicyclic) bond motifs is 3. The molecule has 0 fully saturated rings. The number of benzene rings is 3. The zero-order valence-electron chi connectivity index (χ0n) is 19.5. The molecule has 4 aromatic rings. The molecule has 1 nitrogen and oxygen atoms in total. The van der Waals surface area contributed by atoms with Crippen LogP contribution in [0.15, 0.2) is 54.7 Å². The molecule has 1 aromatic heterocycles. The molecule has 0 atom stereocenters. The van der Waals surface area contributed by atoms with E-state index in [0.717, 1.165) is 27.2 Å². The van der Waals surface area contributed by atoms with E-state index in [9.17, 15) is 13.2 Å². The van der Waals surface area contributed by atoms with E-state index in [-0.39, 0.29) is 6.42 Å². The molecule has 4 heteroatoms. The maximum Gasteiger partial charge on any atom is 0.394 e. The molecule has 0 bridgehead atoms. The highest BCUT2D eigenvalue weighted by atomic mass is 19.4. The third-order valence-corrected chi connectivity index (χ3v) is 6.68. The number of aryl methyl sites for hydroxylation is 3. The molecule has 3 aromatic carbocycles. The quantitative estimate of drug-likeness (QED) is 0.231. The molecule has 0 unspecified atom stereocenters. The lowest BCUT2D eigenvalue weighted by Crippen LogP contribution is -2.34. The fourth-order valence-electron chi connectivity index (χ4n) is 4.58. The molecule has 32 heavy (non-hydrogen) atoms. The molecule has 0 saturated carbocycles. The van der Waals surface area contributed by atoms with E-state index in [0.29, 0.717) is 5.56 Å². The highest BCUT2D eigenvalue weighted by Crippen LogP contribution is 2.41. The van der Waals surface area contributed by atoms with E-state index in [4.69, 9.17) is 0 Å². The molecule has 0 radical (unpaired) electrons. The summed E-state index contributed by atoms with van der Waals surface area (Å²) < 4.78 is 42.3. The average Bonchev–Trinajstić information content (AvgIpc) is 2.69. The lowest BCUT2D eigenvalue weighted by Gasteiger charge is -2.27. The molecule has 0 aliphatic heterocycles. The summed E-state index contributed by atoms with van der Waals surface area (Å²) in [5.41, 5.74) is 5.02. The predicted octanol–water partition coefficient (Wildman–Crippen LogP) is 7.54. The van der Waals surface area contributed by atoms with E-state index in [1.165, 1.54) is 36.1 Å². The minimum Gasteiger partial charge on any atom is -0.200 e. The van der Waals surface area contributed by atoms with Crippen LogP contribution < -0.4 is 4.57 Å². The molecule has 0 aliphatic carbocycles. The fourth-order valence-corrected chi connectivity index (χ4v) is 4.58. The van der Waals surface area contributed by atoms with E-state index in [1.807, 2.05) is 24.3 Å². The Bertz CT molecular complexity index is 1350. The van der Waals surface area contributed by atoms with Gasteiger partial charge < -0.3 is 0 Å². The summed E-state index contributed by atoms with van der Waals surface area (Å²) >= 11 is 0. The van der Waals surface area contributed by atoms with Gasteiger partial charge in [0.2, 0.25) is 5.69 Å². The van der Waals surface area contributed by atoms with Crippen molar-refractivity contribution in [1.82, 2.24) is 0 Å². The van der Waals surface area contributed by atoms with Crippen LogP contribution in [0.1, 0.15) is 36.1 Å². The lowest BCUT2D eigenvalue weighted by molar-refractivity contribution is -0.659. The van der Waals surface area contributed by atoms with Crippen LogP contribution in [-0.4, -0.2) is 6.18 Å². The summed E-state index contributed by atoms with van der Waals surface area (Å²) in [6.07, 6.45) is -2.21. The summed E-state index contributed by atoms with van der Waals surface area (Å²) in [4.78, 5) is 0. The minimum absolute atomic E-state index is 0.0404. The second kappa shape index (κ2) is 7.61. The highest BCUT2D eigenvalue weighted by molar-refractivity contribution is 6.10. The van der Waals surface area contributed by atoms with Crippen LogP contribution in [0.2, 0.25) is 0 Å². The van der Waals surface area contributed by atoms with Gasteiger partial charge in [0.15, 0.2) is 6.20 Å². The van der Waals surface area contributed by atoms with Crippen LogP contribution in [0.25, 0.3) is 32.8 Å². The smallest absolute Gasteiger partial charge is 0.200 e. The van der Waals surface area contributed by atoms with Crippen LogP contribution in [0.5, 0.6) is 0 Å². The maximum absolute atomic E-state index is 13.4. The van der Waals surface area contributed by atoms with Crippen molar-refractivity contribution in [2.45, 2.75) is 47.2 Å². The number of nitrogens with zero attached hydrogens (tertiary/aromatic N) is 1. The van der Waals surface area contributed by atoms with Gasteiger partial charge in [-0.1, -0.05) is 49.7 Å². The van der Waals surface area contributed by atoms with Crippen molar-refractivity contribution in [3.05, 3.63) is 77.0 Å². The van der Waals surface area contributed by atoms with Gasteiger partial charge in [-0.25, -0.2) is 4.57 Å². The molecule has 1 heterocycles. The maximum atomic E-state index is 13.4. The number of hydrogen-bond acceptors (Lipinski definition) is 0. The summed E-state index contributed by atoms with van der Waals surface area (Å²) in [7, 11) is 2.05. The van der Waals surface area contributed by atoms with Crippen LogP contribution >= 0.6 is 0 Å². The normalized spacial score (nSPS) is 12.7. The van der Waals surface area contributed by atoms with Gasteiger partial charge in [-0.05, 0) is 66.8 Å². The third-order valence-electron chi connectivity index (χ3n) is 6.68. The number of rotatable bonds is 3. The van der Waals surface area contributed by atoms with Crippen molar-refractivity contribution in [1.29, 1.82) is 0 Å². The molecular formula is C28H29F3N+. The van der Waals surface area contributed by atoms with Crippen molar-refractivity contribution >= 4 is 21.5 Å². The fraction of sp³-hybridized carbons (Fsp3) is 0.321. The number of alkyl halides is 3. The Hall–Kier alpha value is -2.88. The Balaban J connectivity index is 1.90. The third kappa shape index (κ3) is 3.76. The van der Waals surface area contributed by atoms with Gasteiger partial charge in [0.1, 0.15) is 7.05 Å². The van der Waals surface area contributed by atoms with Crippen LogP contribution in [0.3, 0.4) is 0 Å². The average molecular weight is 437 g/mol. The van der Waals surface area contributed by atoms with Crippen molar-refractivity contribution < 1.29 is 17.7 Å². The summed E-state index contributed by atoms with van der Waals surface area (Å²) in [5, 5.41) is 4.26. The van der Waals surface area contributed by atoms with Crippen molar-refractivity contribution in [2.75, 3.05) is 0 Å². The first-order valence-corrected chi connectivity index (χ1v) is 10.9. The van der Waals surface area contributed by atoms with Crippen LogP contribution in [0, 0.1) is 26.2 Å². The lowest BCUT2D eigenvalue weighted by atomic mass is 9.84. The van der Waals surface area contributed by atoms with Gasteiger partial charge >= 0.3 is 6.18 Å². The Morgan fingerprint density at radius 3 is 2.19 bits per heavy atom. The Morgan fingerprint density at radius 2 is 1.50 bits per heavy atom. The molecule has 0 N–H and O–H groups in total. The van der Waals surface area contributed by atoms with Gasteiger partial charge in [-0.3, -0.25) is 0 Å². The first-order valence-electron chi connectivity index (χ1n) is 10.9. The van der Waals surface area contributed by atoms with E-state index in [1.54, 1.807) is 0 Å². The number of pyridine rings is 1. The second-order valence-corrected chi connectivity index (χ2v) is 9.67. The van der Waals surface area contributed by atoms with Crippen LogP contribution in [0.4, 0.5) is 13.2 Å². The number of hydrogen-bond donors (Lipinski definition) is 0. The van der Waals surface area contributed by atoms with Crippen molar-refractivity contribution in [3.8, 4) is 11.3 Å². The van der Waals surface area contributed by atoms with Gasteiger partial charge in [0.05, 0.1) is 16.4 Å². The van der Waals surface area contributed by atoms with Gasteiger partial charge in [-0.15, -0.1) is 0 Å². The standard InChI is InChI=1S/C28H29F3N/c1-17-13-18(2)19(3)25(14-17)26-24-10-8-21-15-20(16-27(4,5)28(29,30)31)7-9-22(21)23(24)11-12-32(26)6/h7-15H,16H2,1-6H3/q+1. The monoisotopic (exact) mass is 436 g/mol. The van der Waals surface area contributed by atoms with E-state index in [2.05, 4.69) is 62.8 Å². The summed E-state index contributed by atoms with van der Waals surface area (Å²) in [6, 6.07) is 16.4. The zero-order chi connectivity index (χ0) is 23.4. The summed E-state index contributed by atoms with van der Waals surface area (Å²) in [6.45, 7) is 8.92. The zero-order valence-corrected chi connectivity index (χ0v) is 19.5. The van der Waals surface area contributed by atoms with Gasteiger partial charge in [0, 0.05) is 11.5 Å². The molecule has 0 aliphatic rings. The molecule has 0 amide bonds. The molecular weight excluding hydrogens is 407 g/mol. The molecule has 166 valence electrons. The van der Waals surface area contributed by atoms with Gasteiger partial charge in [-0.2, -0.15) is 13.2 Å². The Labute approximate surface area is 187 Å². The second-order valence-electron chi connectivity index (χ2n) is 9.67. The first-order chi connectivity index (χ1) is 14.9. The Morgan fingerprint density at radius 1 is 0.812 bits per heavy atom. The van der Waals surface area contributed by atoms with E-state index >= 15 is 0 Å². The first kappa shape index (κ1) is 22.3. The Kier molecular flexibility index (Phi) is 5.31. The largest absolute Gasteiger partial charge is 0.394 e. The van der Waals surface area contributed by atoms with Crippen molar-refractivity contribution in [3.63, 3.8) is 0 Å². The SMILES string of the molecule is Cc1cc(C)c(C)c(-c2c3ccc4cc(CC(C)(C)C(F)(F)F)ccc4c3cc[n+]2C)c1. The predicted molar refractivity (Wildman–Crippen MR) is 126 cm³/mol. The van der Waals surface area contributed by atoms with Crippen molar-refractivity contribution in [2.24, 2.45) is 12.5 Å². The number of halogens is 3. The molecule has 0 spiro atoms. The van der Waals surface area contributed by atoms with Crippen LogP contribution in [-0.2, 0) is 13.5 Å². The highest BCUT2D eigenvalue weighted by Gasteiger charge is 2.46. The van der Waals surface area contributed by atoms with Gasteiger partial charge in [0.25, 0.3) is 0 Å². The molecule has 4 rings (SSSR count). The number of aromatic nitrogens is 1. The topological polar surface area (TPSA) is 3.88 Å². The molecule has 0 saturated heterocycles. The van der Waals surface area contributed by atoms with E-state index < -0.39 is 11.6 Å². The summed E-state index contributed by atoms with van der Waals surface area (Å²) in [5.74, 6) is 0.